The van der Waals surface area contributed by atoms with E-state index in [1.807, 2.05) is 19.1 Å². The standard InChI is InChI=1S/C23H29N5O2S/c1-17-7-10-19(11-8-17)28-22(27-13-5-4-6-14-27)24-25-23(28)31-16-21(29)26(3)15-20-12-9-18(2)30-20/h7-12H,4-6,13-16H2,1-3H3. The van der Waals surface area contributed by atoms with Crippen LogP contribution in [0.4, 0.5) is 5.95 Å². The number of aryl methyl sites for hydroxylation is 2. The number of benzene rings is 1. The molecule has 8 heteroatoms. The van der Waals surface area contributed by atoms with Crippen LogP contribution in [0.15, 0.2) is 46.0 Å². The fourth-order valence-electron chi connectivity index (χ4n) is 3.70. The number of nitrogens with zero attached hydrogens (tertiary/aromatic N) is 5. The first-order valence-electron chi connectivity index (χ1n) is 10.7. The molecule has 164 valence electrons. The number of carbonyl (C=O) groups is 1. The third-order valence-electron chi connectivity index (χ3n) is 5.49. The van der Waals surface area contributed by atoms with E-state index in [1.165, 1.54) is 36.6 Å². The molecule has 31 heavy (non-hydrogen) atoms. The summed E-state index contributed by atoms with van der Waals surface area (Å²) in [4.78, 5) is 16.7. The molecule has 1 aromatic carbocycles. The first-order chi connectivity index (χ1) is 15.0. The summed E-state index contributed by atoms with van der Waals surface area (Å²) in [6.45, 7) is 6.40. The van der Waals surface area contributed by atoms with Gasteiger partial charge >= 0.3 is 0 Å². The highest BCUT2D eigenvalue weighted by atomic mass is 32.2. The zero-order valence-corrected chi connectivity index (χ0v) is 19.2. The fourth-order valence-corrected chi connectivity index (χ4v) is 4.59. The van der Waals surface area contributed by atoms with E-state index < -0.39 is 0 Å². The minimum absolute atomic E-state index is 0.0250. The van der Waals surface area contributed by atoms with E-state index in [0.717, 1.165) is 41.4 Å². The van der Waals surface area contributed by atoms with Crippen molar-refractivity contribution < 1.29 is 9.21 Å². The minimum Gasteiger partial charge on any atom is -0.464 e. The van der Waals surface area contributed by atoms with Gasteiger partial charge in [0.25, 0.3) is 0 Å². The second-order valence-corrected chi connectivity index (χ2v) is 8.99. The van der Waals surface area contributed by atoms with Crippen molar-refractivity contribution in [2.24, 2.45) is 0 Å². The molecular weight excluding hydrogens is 410 g/mol. The molecule has 1 aliphatic heterocycles. The number of amides is 1. The van der Waals surface area contributed by atoms with Crippen LogP contribution in [-0.4, -0.2) is 51.5 Å². The molecule has 0 bridgehead atoms. The molecule has 0 aliphatic carbocycles. The number of thioether (sulfide) groups is 1. The first kappa shape index (κ1) is 21.5. The van der Waals surface area contributed by atoms with Crippen molar-refractivity contribution in [2.45, 2.75) is 44.8 Å². The van der Waals surface area contributed by atoms with Gasteiger partial charge in [-0.1, -0.05) is 29.5 Å². The van der Waals surface area contributed by atoms with Gasteiger partial charge in [-0.25, -0.2) is 0 Å². The van der Waals surface area contributed by atoms with Crippen molar-refractivity contribution >= 4 is 23.6 Å². The maximum atomic E-state index is 12.7. The van der Waals surface area contributed by atoms with Crippen LogP contribution in [0.1, 0.15) is 36.3 Å². The first-order valence-corrected chi connectivity index (χ1v) is 11.7. The molecule has 0 atom stereocenters. The second kappa shape index (κ2) is 9.60. The van der Waals surface area contributed by atoms with E-state index >= 15 is 0 Å². The lowest BCUT2D eigenvalue weighted by molar-refractivity contribution is -0.127. The van der Waals surface area contributed by atoms with Gasteiger partial charge in [0, 0.05) is 20.1 Å². The SMILES string of the molecule is Cc1ccc(-n2c(SCC(=O)N(C)Cc3ccc(C)o3)nnc2N2CCCCC2)cc1. The topological polar surface area (TPSA) is 67.4 Å². The van der Waals surface area contributed by atoms with Crippen LogP contribution in [0.5, 0.6) is 0 Å². The summed E-state index contributed by atoms with van der Waals surface area (Å²) in [6, 6.07) is 12.2. The fraction of sp³-hybridized carbons (Fsp3) is 0.435. The predicted molar refractivity (Wildman–Crippen MR) is 123 cm³/mol. The van der Waals surface area contributed by atoms with Gasteiger partial charge < -0.3 is 14.2 Å². The van der Waals surface area contributed by atoms with Crippen LogP contribution >= 0.6 is 11.8 Å². The highest BCUT2D eigenvalue weighted by molar-refractivity contribution is 7.99. The Bertz CT molecular complexity index is 1020. The lowest BCUT2D eigenvalue weighted by Gasteiger charge is -2.27. The van der Waals surface area contributed by atoms with E-state index in [1.54, 1.807) is 11.9 Å². The number of aromatic nitrogens is 3. The number of hydrogen-bond acceptors (Lipinski definition) is 6. The molecule has 0 unspecified atom stereocenters. The number of rotatable bonds is 7. The molecule has 0 N–H and O–H groups in total. The summed E-state index contributed by atoms with van der Waals surface area (Å²) in [7, 11) is 1.80. The number of furan rings is 1. The van der Waals surface area contributed by atoms with Gasteiger partial charge in [-0.05, 0) is 57.4 Å². The Morgan fingerprint density at radius 3 is 2.48 bits per heavy atom. The summed E-state index contributed by atoms with van der Waals surface area (Å²) in [5.41, 5.74) is 2.22. The molecular formula is C23H29N5O2S. The monoisotopic (exact) mass is 439 g/mol. The number of carbonyl (C=O) groups excluding carboxylic acids is 1. The van der Waals surface area contributed by atoms with Crippen molar-refractivity contribution in [2.75, 3.05) is 30.8 Å². The average molecular weight is 440 g/mol. The smallest absolute Gasteiger partial charge is 0.233 e. The van der Waals surface area contributed by atoms with Gasteiger partial charge in [0.1, 0.15) is 11.5 Å². The van der Waals surface area contributed by atoms with Crippen molar-refractivity contribution in [3.8, 4) is 5.69 Å². The minimum atomic E-state index is 0.0250. The van der Waals surface area contributed by atoms with Gasteiger partial charge in [0.15, 0.2) is 5.16 Å². The van der Waals surface area contributed by atoms with E-state index in [4.69, 9.17) is 4.42 Å². The number of hydrogen-bond donors (Lipinski definition) is 0. The van der Waals surface area contributed by atoms with Gasteiger partial charge in [-0.2, -0.15) is 0 Å². The van der Waals surface area contributed by atoms with Crippen LogP contribution in [0.25, 0.3) is 5.69 Å². The lowest BCUT2D eigenvalue weighted by Crippen LogP contribution is -2.31. The zero-order valence-electron chi connectivity index (χ0n) is 18.4. The molecule has 7 nitrogen and oxygen atoms in total. The molecule has 1 amide bonds. The molecule has 1 saturated heterocycles. The van der Waals surface area contributed by atoms with Crippen molar-refractivity contribution in [1.82, 2.24) is 19.7 Å². The molecule has 0 saturated carbocycles. The Morgan fingerprint density at radius 1 is 1.06 bits per heavy atom. The van der Waals surface area contributed by atoms with Crippen LogP contribution < -0.4 is 4.90 Å². The average Bonchev–Trinajstić information content (AvgIpc) is 3.39. The van der Waals surface area contributed by atoms with E-state index in [2.05, 4.69) is 50.9 Å². The zero-order chi connectivity index (χ0) is 21.8. The normalized spacial score (nSPS) is 14.1. The maximum absolute atomic E-state index is 12.7. The third-order valence-corrected chi connectivity index (χ3v) is 6.40. The third kappa shape index (κ3) is 5.12. The summed E-state index contributed by atoms with van der Waals surface area (Å²) in [5, 5.41) is 9.70. The van der Waals surface area contributed by atoms with Gasteiger partial charge in [0.2, 0.25) is 11.9 Å². The summed E-state index contributed by atoms with van der Waals surface area (Å²) >= 11 is 1.42. The van der Waals surface area contributed by atoms with Crippen LogP contribution in [0.2, 0.25) is 0 Å². The van der Waals surface area contributed by atoms with Crippen LogP contribution in [0.3, 0.4) is 0 Å². The highest BCUT2D eigenvalue weighted by Gasteiger charge is 2.22. The summed E-state index contributed by atoms with van der Waals surface area (Å²) in [5.74, 6) is 2.81. The van der Waals surface area contributed by atoms with Crippen LogP contribution in [-0.2, 0) is 11.3 Å². The lowest BCUT2D eigenvalue weighted by atomic mass is 10.1. The van der Waals surface area contributed by atoms with Crippen molar-refractivity contribution in [3.05, 3.63) is 53.5 Å². The van der Waals surface area contributed by atoms with Crippen LogP contribution in [0, 0.1) is 13.8 Å². The number of anilines is 1. The molecule has 1 aliphatic rings. The van der Waals surface area contributed by atoms with Gasteiger partial charge in [-0.3, -0.25) is 9.36 Å². The van der Waals surface area contributed by atoms with Crippen molar-refractivity contribution in [1.29, 1.82) is 0 Å². The summed E-state index contributed by atoms with van der Waals surface area (Å²) in [6.07, 6.45) is 3.59. The van der Waals surface area contributed by atoms with E-state index in [9.17, 15) is 4.79 Å². The molecule has 0 radical (unpaired) electrons. The molecule has 1 fully saturated rings. The maximum Gasteiger partial charge on any atom is 0.233 e. The van der Waals surface area contributed by atoms with Crippen molar-refractivity contribution in [3.63, 3.8) is 0 Å². The number of piperidine rings is 1. The Labute approximate surface area is 187 Å². The van der Waals surface area contributed by atoms with Gasteiger partial charge in [0.05, 0.1) is 18.0 Å². The second-order valence-electron chi connectivity index (χ2n) is 8.05. The Kier molecular flexibility index (Phi) is 6.65. The quantitative estimate of drug-likeness (QED) is 0.514. The van der Waals surface area contributed by atoms with E-state index in [0.29, 0.717) is 12.3 Å². The Hall–Kier alpha value is -2.74. The molecule has 4 rings (SSSR count). The Balaban J connectivity index is 1.51. The van der Waals surface area contributed by atoms with Gasteiger partial charge in [-0.15, -0.1) is 10.2 Å². The largest absolute Gasteiger partial charge is 0.464 e. The molecule has 0 spiro atoms. The Morgan fingerprint density at radius 2 is 1.81 bits per heavy atom. The predicted octanol–water partition coefficient (Wildman–Crippen LogP) is 4.22. The molecule has 3 heterocycles. The van der Waals surface area contributed by atoms with E-state index in [-0.39, 0.29) is 5.91 Å². The highest BCUT2D eigenvalue weighted by Crippen LogP contribution is 2.28. The summed E-state index contributed by atoms with van der Waals surface area (Å²) < 4.78 is 7.67. The molecule has 3 aromatic rings. The molecule has 2 aromatic heterocycles.